The number of aromatic carboxylic acids is 1. The van der Waals surface area contributed by atoms with Gasteiger partial charge in [-0.1, -0.05) is 84.1 Å². The van der Waals surface area contributed by atoms with Crippen LogP contribution in [0.3, 0.4) is 0 Å². The Morgan fingerprint density at radius 1 is 0.885 bits per heavy atom. The molecular weight excluding hydrogens is 352 g/mol. The molecule has 0 aliphatic carbocycles. The normalized spacial score (nSPS) is 11.8. The van der Waals surface area contributed by atoms with Gasteiger partial charge in [-0.3, -0.25) is 0 Å². The molecule has 0 radical (unpaired) electrons. The first-order chi connectivity index (χ1) is 12.1. The average molecular weight is 391 g/mol. The Hall–Kier alpha value is -0.250. The van der Waals surface area contributed by atoms with Crippen LogP contribution in [0.1, 0.15) is 113 Å². The number of benzene rings is 1. The molecule has 1 rings (SSSR count). The van der Waals surface area contributed by atoms with E-state index in [9.17, 15) is 15.0 Å². The summed E-state index contributed by atoms with van der Waals surface area (Å²) in [7, 11) is 0. The van der Waals surface area contributed by atoms with Gasteiger partial charge in [0.05, 0.1) is 0 Å². The van der Waals surface area contributed by atoms with Crippen molar-refractivity contribution in [2.75, 3.05) is 0 Å². The molecule has 0 heterocycles. The van der Waals surface area contributed by atoms with Crippen LogP contribution in [0.2, 0.25) is 0 Å². The zero-order chi connectivity index (χ0) is 18.5. The van der Waals surface area contributed by atoms with Gasteiger partial charge in [0.2, 0.25) is 0 Å². The first kappa shape index (κ1) is 25.7. The van der Waals surface area contributed by atoms with Crippen LogP contribution < -0.4 is 0 Å². The molecule has 3 nitrogen and oxygen atoms in total. The number of carbonyl (C=O) groups is 1. The van der Waals surface area contributed by atoms with Crippen LogP contribution >= 0.6 is 0 Å². The molecule has 0 aromatic heterocycles. The summed E-state index contributed by atoms with van der Waals surface area (Å²) >= 11 is 0. The van der Waals surface area contributed by atoms with E-state index in [-0.39, 0.29) is 49.1 Å². The van der Waals surface area contributed by atoms with Gasteiger partial charge in [-0.2, -0.15) is 0 Å². The van der Waals surface area contributed by atoms with E-state index in [1.807, 2.05) is 6.07 Å². The zero-order valence-electron chi connectivity index (χ0n) is 16.1. The van der Waals surface area contributed by atoms with Crippen LogP contribution in [0, 0.1) is 0 Å². The molecule has 0 spiro atoms. The molecule has 0 bridgehead atoms. The Balaban J connectivity index is 0.00000625. The van der Waals surface area contributed by atoms with Crippen molar-refractivity contribution >= 4 is 43.7 Å². The minimum absolute atomic E-state index is 0. The molecule has 0 amide bonds. The SMILES string of the molecule is CCCCCCCCCC(CCCCC)c1ccc(O)c(C(=O)O)c1.[CaH2]. The maximum absolute atomic E-state index is 11.3. The molecule has 26 heavy (non-hydrogen) atoms. The van der Waals surface area contributed by atoms with Gasteiger partial charge in [0.15, 0.2) is 0 Å². The average Bonchev–Trinajstić information content (AvgIpc) is 2.60. The quantitative estimate of drug-likeness (QED) is 0.303. The first-order valence-electron chi connectivity index (χ1n) is 10.2. The van der Waals surface area contributed by atoms with Crippen LogP contribution in [0.25, 0.3) is 0 Å². The van der Waals surface area contributed by atoms with Crippen molar-refractivity contribution in [1.82, 2.24) is 0 Å². The third-order valence-electron chi connectivity index (χ3n) is 5.03. The molecule has 0 aliphatic rings. The summed E-state index contributed by atoms with van der Waals surface area (Å²) in [5.41, 5.74) is 1.09. The molecule has 2 N–H and O–H groups in total. The standard InChI is InChI=1S/C22H36O3.Ca.2H/c1-3-5-7-8-9-10-12-14-18(13-11-6-4-2)19-15-16-21(23)20(17-19)22(24)25;;;/h15-18,23H,3-14H2,1-2H3,(H,24,25);;;. The number of phenols is 1. The van der Waals surface area contributed by atoms with Crippen molar-refractivity contribution in [3.05, 3.63) is 29.3 Å². The van der Waals surface area contributed by atoms with Crippen molar-refractivity contribution in [1.29, 1.82) is 0 Å². The van der Waals surface area contributed by atoms with Crippen LogP contribution in [-0.4, -0.2) is 53.9 Å². The van der Waals surface area contributed by atoms with Gasteiger partial charge >= 0.3 is 43.7 Å². The molecule has 1 aromatic carbocycles. The van der Waals surface area contributed by atoms with E-state index in [0.717, 1.165) is 18.4 Å². The number of carboxylic acids is 1. The van der Waals surface area contributed by atoms with Gasteiger partial charge in [0.1, 0.15) is 11.3 Å². The fraction of sp³-hybridized carbons (Fsp3) is 0.682. The number of aromatic hydroxyl groups is 1. The molecular formula is C22H38CaO3. The van der Waals surface area contributed by atoms with E-state index in [1.165, 1.54) is 70.3 Å². The van der Waals surface area contributed by atoms with Crippen LogP contribution in [-0.2, 0) is 0 Å². The Morgan fingerprint density at radius 3 is 1.96 bits per heavy atom. The van der Waals surface area contributed by atoms with Gasteiger partial charge in [-0.15, -0.1) is 0 Å². The first-order valence-corrected chi connectivity index (χ1v) is 10.2. The van der Waals surface area contributed by atoms with Gasteiger partial charge in [-0.25, -0.2) is 4.79 Å². The molecule has 0 saturated carbocycles. The number of rotatable bonds is 14. The molecule has 0 aliphatic heterocycles. The second-order valence-corrected chi connectivity index (χ2v) is 7.18. The molecule has 1 unspecified atom stereocenters. The van der Waals surface area contributed by atoms with Crippen molar-refractivity contribution in [2.45, 2.75) is 96.8 Å². The minimum atomic E-state index is -1.05. The van der Waals surface area contributed by atoms with Crippen LogP contribution in [0.4, 0.5) is 0 Å². The van der Waals surface area contributed by atoms with Crippen molar-refractivity contribution in [2.24, 2.45) is 0 Å². The maximum atomic E-state index is 11.3. The summed E-state index contributed by atoms with van der Waals surface area (Å²) in [6.07, 6.45) is 14.9. The predicted molar refractivity (Wildman–Crippen MR) is 113 cm³/mol. The van der Waals surface area contributed by atoms with Crippen molar-refractivity contribution in [3.8, 4) is 5.75 Å². The topological polar surface area (TPSA) is 57.5 Å². The third-order valence-corrected chi connectivity index (χ3v) is 5.03. The third kappa shape index (κ3) is 10.2. The Morgan fingerprint density at radius 2 is 1.38 bits per heavy atom. The van der Waals surface area contributed by atoms with E-state index in [4.69, 9.17) is 0 Å². The van der Waals surface area contributed by atoms with E-state index >= 15 is 0 Å². The Kier molecular flexibility index (Phi) is 15.6. The predicted octanol–water partition coefficient (Wildman–Crippen LogP) is 5.98. The molecule has 1 atom stereocenters. The van der Waals surface area contributed by atoms with Gasteiger partial charge in [0, 0.05) is 0 Å². The number of carboxylic acid groups (broad SMARTS) is 1. The zero-order valence-corrected chi connectivity index (χ0v) is 16.1. The fourth-order valence-electron chi connectivity index (χ4n) is 3.45. The van der Waals surface area contributed by atoms with Gasteiger partial charge in [-0.05, 0) is 36.5 Å². The number of unbranched alkanes of at least 4 members (excludes halogenated alkanes) is 8. The Bertz CT molecular complexity index is 502. The Labute approximate surface area is 189 Å². The molecule has 0 fully saturated rings. The number of hydrogen-bond acceptors (Lipinski definition) is 2. The van der Waals surface area contributed by atoms with E-state index < -0.39 is 5.97 Å². The molecule has 1 aromatic rings. The van der Waals surface area contributed by atoms with Crippen LogP contribution in [0.15, 0.2) is 18.2 Å². The second kappa shape index (κ2) is 15.8. The summed E-state index contributed by atoms with van der Waals surface area (Å²) in [6.45, 7) is 4.44. The molecule has 0 saturated heterocycles. The number of hydrogen-bond donors (Lipinski definition) is 2. The summed E-state index contributed by atoms with van der Waals surface area (Å²) in [5.74, 6) is -0.789. The van der Waals surface area contributed by atoms with Gasteiger partial charge in [0.25, 0.3) is 0 Å². The van der Waals surface area contributed by atoms with E-state index in [2.05, 4.69) is 13.8 Å². The second-order valence-electron chi connectivity index (χ2n) is 7.18. The molecule has 146 valence electrons. The summed E-state index contributed by atoms with van der Waals surface area (Å²) < 4.78 is 0. The van der Waals surface area contributed by atoms with Crippen molar-refractivity contribution in [3.63, 3.8) is 0 Å². The monoisotopic (exact) mass is 390 g/mol. The van der Waals surface area contributed by atoms with Gasteiger partial charge < -0.3 is 10.2 Å². The molecule has 4 heteroatoms. The summed E-state index contributed by atoms with van der Waals surface area (Å²) in [6, 6.07) is 5.12. The van der Waals surface area contributed by atoms with Crippen LogP contribution in [0.5, 0.6) is 5.75 Å². The summed E-state index contributed by atoms with van der Waals surface area (Å²) in [4.78, 5) is 11.3. The van der Waals surface area contributed by atoms with E-state index in [0.29, 0.717) is 5.92 Å². The van der Waals surface area contributed by atoms with E-state index in [1.54, 1.807) is 6.07 Å². The van der Waals surface area contributed by atoms with Crippen molar-refractivity contribution < 1.29 is 15.0 Å². The fourth-order valence-corrected chi connectivity index (χ4v) is 3.45. The summed E-state index contributed by atoms with van der Waals surface area (Å²) in [5, 5.41) is 19.0.